The smallest absolute Gasteiger partial charge is 0.294 e. The number of nitrogens with one attached hydrogen (secondary N) is 1. The van der Waals surface area contributed by atoms with E-state index in [1.807, 2.05) is 0 Å². The van der Waals surface area contributed by atoms with E-state index in [0.29, 0.717) is 13.0 Å². The van der Waals surface area contributed by atoms with Gasteiger partial charge in [0.15, 0.2) is 0 Å². The summed E-state index contributed by atoms with van der Waals surface area (Å²) in [4.78, 5) is 24.1. The molecule has 1 saturated heterocycles. The number of piperidine rings is 1. The molecule has 0 bridgehead atoms. The Morgan fingerprint density at radius 2 is 2.30 bits per heavy atom. The second-order valence-electron chi connectivity index (χ2n) is 4.68. The lowest BCUT2D eigenvalue weighted by Gasteiger charge is -2.30. The number of rotatable bonds is 3. The van der Waals surface area contributed by atoms with Crippen LogP contribution in [0.1, 0.15) is 23.2 Å². The highest BCUT2D eigenvalue weighted by Crippen LogP contribution is 2.25. The third-order valence-electron chi connectivity index (χ3n) is 3.28. The average Bonchev–Trinajstić information content (AvgIpc) is 2.45. The predicted octanol–water partition coefficient (Wildman–Crippen LogP) is 0.477. The minimum Gasteiger partial charge on any atom is -0.391 e. The second-order valence-corrected chi connectivity index (χ2v) is 4.68. The number of hydrogen-bond acceptors (Lipinski definition) is 6. The third-order valence-corrected chi connectivity index (χ3v) is 3.28. The maximum absolute atomic E-state index is 12.3. The SMILES string of the molecule is NNc1ccc(C(=O)N2CCCC(O)C2)cc1[N+](=O)[O-]. The fourth-order valence-corrected chi connectivity index (χ4v) is 2.26. The van der Waals surface area contributed by atoms with Crippen molar-refractivity contribution in [3.8, 4) is 0 Å². The van der Waals surface area contributed by atoms with Gasteiger partial charge in [-0.15, -0.1) is 0 Å². The summed E-state index contributed by atoms with van der Waals surface area (Å²) in [6.45, 7) is 0.796. The molecule has 108 valence electrons. The van der Waals surface area contributed by atoms with Crippen molar-refractivity contribution in [1.82, 2.24) is 4.90 Å². The van der Waals surface area contributed by atoms with Crippen LogP contribution in [0.3, 0.4) is 0 Å². The average molecular weight is 280 g/mol. The number of nitro groups is 1. The molecule has 1 fully saturated rings. The lowest BCUT2D eigenvalue weighted by molar-refractivity contribution is -0.384. The quantitative estimate of drug-likeness (QED) is 0.420. The van der Waals surface area contributed by atoms with E-state index in [0.717, 1.165) is 6.42 Å². The molecule has 1 aliphatic heterocycles. The maximum atomic E-state index is 12.3. The monoisotopic (exact) mass is 280 g/mol. The zero-order valence-corrected chi connectivity index (χ0v) is 10.8. The Labute approximate surface area is 115 Å². The Morgan fingerprint density at radius 1 is 1.55 bits per heavy atom. The van der Waals surface area contributed by atoms with Crippen LogP contribution in [-0.2, 0) is 0 Å². The topological polar surface area (TPSA) is 122 Å². The van der Waals surface area contributed by atoms with Crippen molar-refractivity contribution in [3.63, 3.8) is 0 Å². The standard InChI is InChI=1S/C12H16N4O4/c13-14-10-4-3-8(6-11(10)16(19)20)12(18)15-5-1-2-9(17)7-15/h3-4,6,9,14,17H,1-2,5,7,13H2. The van der Waals surface area contributed by atoms with E-state index in [2.05, 4.69) is 5.43 Å². The first kappa shape index (κ1) is 14.2. The molecule has 1 aliphatic rings. The summed E-state index contributed by atoms with van der Waals surface area (Å²) in [5.41, 5.74) is 2.33. The number of aliphatic hydroxyl groups excluding tert-OH is 1. The molecule has 0 aromatic heterocycles. The summed E-state index contributed by atoms with van der Waals surface area (Å²) in [5, 5.41) is 20.5. The summed E-state index contributed by atoms with van der Waals surface area (Å²) in [7, 11) is 0. The number of nitrogens with zero attached hydrogens (tertiary/aromatic N) is 2. The number of hydrazine groups is 1. The van der Waals surface area contributed by atoms with Crippen LogP contribution in [0.25, 0.3) is 0 Å². The van der Waals surface area contributed by atoms with Crippen LogP contribution in [0.5, 0.6) is 0 Å². The van der Waals surface area contributed by atoms with Gasteiger partial charge in [-0.3, -0.25) is 20.8 Å². The number of anilines is 1. The lowest BCUT2D eigenvalue weighted by atomic mass is 10.1. The van der Waals surface area contributed by atoms with Crippen LogP contribution in [0, 0.1) is 10.1 Å². The summed E-state index contributed by atoms with van der Waals surface area (Å²) in [6.07, 6.45) is 0.852. The molecule has 1 aromatic rings. The van der Waals surface area contributed by atoms with Crippen LogP contribution in [0.2, 0.25) is 0 Å². The second kappa shape index (κ2) is 5.85. The van der Waals surface area contributed by atoms with Crippen molar-refractivity contribution >= 4 is 17.3 Å². The maximum Gasteiger partial charge on any atom is 0.294 e. The zero-order valence-electron chi connectivity index (χ0n) is 10.8. The summed E-state index contributed by atoms with van der Waals surface area (Å²) < 4.78 is 0. The van der Waals surface area contributed by atoms with Crippen LogP contribution in [-0.4, -0.2) is 40.0 Å². The molecule has 1 atom stereocenters. The largest absolute Gasteiger partial charge is 0.391 e. The Morgan fingerprint density at radius 3 is 2.90 bits per heavy atom. The molecule has 2 rings (SSSR count). The molecule has 8 nitrogen and oxygen atoms in total. The molecule has 0 aliphatic carbocycles. The molecule has 1 aromatic carbocycles. The van der Waals surface area contributed by atoms with E-state index < -0.39 is 11.0 Å². The molecule has 4 N–H and O–H groups in total. The number of β-amino-alcohol motifs (C(OH)–C–C–N with tert-alkyl or cyclic N) is 1. The molecule has 0 spiro atoms. The van der Waals surface area contributed by atoms with E-state index in [1.165, 1.54) is 23.1 Å². The zero-order chi connectivity index (χ0) is 14.7. The van der Waals surface area contributed by atoms with Gasteiger partial charge < -0.3 is 15.4 Å². The molecule has 1 heterocycles. The number of aliphatic hydroxyl groups is 1. The third kappa shape index (κ3) is 2.86. The van der Waals surface area contributed by atoms with Gasteiger partial charge in [0.2, 0.25) is 0 Å². The van der Waals surface area contributed by atoms with E-state index in [9.17, 15) is 20.0 Å². The molecular formula is C12H16N4O4. The van der Waals surface area contributed by atoms with Crippen molar-refractivity contribution < 1.29 is 14.8 Å². The van der Waals surface area contributed by atoms with E-state index in [4.69, 9.17) is 5.84 Å². The fraction of sp³-hybridized carbons (Fsp3) is 0.417. The fourth-order valence-electron chi connectivity index (χ4n) is 2.26. The van der Waals surface area contributed by atoms with Gasteiger partial charge in [0.25, 0.3) is 11.6 Å². The number of carbonyl (C=O) groups excluding carboxylic acids is 1. The highest BCUT2D eigenvalue weighted by molar-refractivity contribution is 5.95. The highest BCUT2D eigenvalue weighted by atomic mass is 16.6. The number of amides is 1. The number of nitrogen functional groups attached to an aromatic ring is 1. The summed E-state index contributed by atoms with van der Waals surface area (Å²) >= 11 is 0. The van der Waals surface area contributed by atoms with Crippen molar-refractivity contribution in [3.05, 3.63) is 33.9 Å². The minimum atomic E-state index is -0.600. The lowest BCUT2D eigenvalue weighted by Crippen LogP contribution is -2.42. The number of benzene rings is 1. The molecule has 1 amide bonds. The van der Waals surface area contributed by atoms with Gasteiger partial charge in [-0.2, -0.15) is 0 Å². The van der Waals surface area contributed by atoms with Crippen molar-refractivity contribution in [2.75, 3.05) is 18.5 Å². The number of nitro benzene ring substituents is 1. The molecule has 20 heavy (non-hydrogen) atoms. The van der Waals surface area contributed by atoms with Gasteiger partial charge in [-0.25, -0.2) is 0 Å². The van der Waals surface area contributed by atoms with E-state index >= 15 is 0 Å². The number of nitrogens with two attached hydrogens (primary N) is 1. The summed E-state index contributed by atoms with van der Waals surface area (Å²) in [5.74, 6) is 4.87. The van der Waals surface area contributed by atoms with Gasteiger partial charge in [0.05, 0.1) is 11.0 Å². The van der Waals surface area contributed by atoms with Gasteiger partial charge >= 0.3 is 0 Å². The van der Waals surface area contributed by atoms with Crippen LogP contribution >= 0.6 is 0 Å². The van der Waals surface area contributed by atoms with Crippen LogP contribution in [0.4, 0.5) is 11.4 Å². The predicted molar refractivity (Wildman–Crippen MR) is 72.1 cm³/mol. The Hall–Kier alpha value is -2.19. The van der Waals surface area contributed by atoms with Gasteiger partial charge in [0.1, 0.15) is 5.69 Å². The molecule has 8 heteroatoms. The highest BCUT2D eigenvalue weighted by Gasteiger charge is 2.25. The normalized spacial score (nSPS) is 18.7. The van der Waals surface area contributed by atoms with Gasteiger partial charge in [-0.1, -0.05) is 0 Å². The first-order valence-corrected chi connectivity index (χ1v) is 6.25. The number of hydrogen-bond donors (Lipinski definition) is 3. The number of likely N-dealkylation sites (tertiary alicyclic amines) is 1. The molecular weight excluding hydrogens is 264 g/mol. The van der Waals surface area contributed by atoms with Gasteiger partial charge in [-0.05, 0) is 25.0 Å². The minimum absolute atomic E-state index is 0.144. The van der Waals surface area contributed by atoms with Crippen LogP contribution in [0.15, 0.2) is 18.2 Å². The van der Waals surface area contributed by atoms with Crippen molar-refractivity contribution in [1.29, 1.82) is 0 Å². The Balaban J connectivity index is 2.26. The molecule has 0 radical (unpaired) electrons. The van der Waals surface area contributed by atoms with Crippen LogP contribution < -0.4 is 11.3 Å². The summed E-state index contributed by atoms with van der Waals surface area (Å²) in [6, 6.07) is 4.07. The van der Waals surface area contributed by atoms with E-state index in [1.54, 1.807) is 0 Å². The Kier molecular flexibility index (Phi) is 4.16. The Bertz CT molecular complexity index is 534. The first-order valence-electron chi connectivity index (χ1n) is 6.25. The van der Waals surface area contributed by atoms with E-state index in [-0.39, 0.29) is 29.4 Å². The number of carbonyl (C=O) groups is 1. The molecule has 0 saturated carbocycles. The first-order chi connectivity index (χ1) is 9.52. The van der Waals surface area contributed by atoms with Crippen molar-refractivity contribution in [2.24, 2.45) is 5.84 Å². The van der Waals surface area contributed by atoms with Crippen molar-refractivity contribution in [2.45, 2.75) is 18.9 Å². The molecule has 1 unspecified atom stereocenters. The van der Waals surface area contributed by atoms with Gasteiger partial charge in [0, 0.05) is 24.7 Å².